The van der Waals surface area contributed by atoms with Crippen molar-refractivity contribution in [1.29, 1.82) is 0 Å². The predicted molar refractivity (Wildman–Crippen MR) is 42.0 cm³/mol. The highest BCUT2D eigenvalue weighted by atomic mass is 19.1. The third-order valence-electron chi connectivity index (χ3n) is 1.20. The quantitative estimate of drug-likeness (QED) is 0.441. The zero-order chi connectivity index (χ0) is 9.68. The van der Waals surface area contributed by atoms with E-state index < -0.39 is 11.6 Å². The molecule has 5 heteroatoms. The molecule has 3 nitrogen and oxygen atoms in total. The molecule has 0 aliphatic heterocycles. The topological polar surface area (TPSA) is 38.3 Å². The minimum atomic E-state index is -0.711. The lowest BCUT2D eigenvalue weighted by molar-refractivity contribution is -0.111. The monoisotopic (exact) mass is 187 g/mol. The third-order valence-corrected chi connectivity index (χ3v) is 1.20. The number of nitrogens with one attached hydrogen (secondary N) is 1. The van der Waals surface area contributed by atoms with Crippen molar-refractivity contribution in [3.05, 3.63) is 29.8 Å². The first-order chi connectivity index (χ1) is 6.22. The molecule has 0 amide bonds. The Hall–Kier alpha value is -1.49. The molecule has 0 radical (unpaired) electrons. The predicted octanol–water partition coefficient (Wildman–Crippen LogP) is 1.51. The fraction of sp³-hybridized carbons (Fsp3) is 0.125. The lowest BCUT2D eigenvalue weighted by atomic mass is 10.3. The van der Waals surface area contributed by atoms with E-state index in [4.69, 9.17) is 0 Å². The highest BCUT2D eigenvalue weighted by Gasteiger charge is 1.99. The van der Waals surface area contributed by atoms with Crippen LogP contribution in [0.4, 0.5) is 14.5 Å². The summed E-state index contributed by atoms with van der Waals surface area (Å²) in [6.07, 6.45) is 0.517. The second-order valence-corrected chi connectivity index (χ2v) is 2.24. The van der Waals surface area contributed by atoms with Crippen LogP contribution in [0.2, 0.25) is 0 Å². The lowest BCUT2D eigenvalue weighted by Gasteiger charge is -2.03. The van der Waals surface area contributed by atoms with E-state index in [1.807, 2.05) is 0 Å². The highest BCUT2D eigenvalue weighted by molar-refractivity contribution is 5.51. The number of hydrogen-bond donors (Lipinski definition) is 1. The Balaban J connectivity index is 2.60. The van der Waals surface area contributed by atoms with Gasteiger partial charge in [0.15, 0.2) is 0 Å². The molecule has 1 aromatic carbocycles. The largest absolute Gasteiger partial charge is 0.301 e. The van der Waals surface area contributed by atoms with E-state index in [0.717, 1.165) is 18.2 Å². The van der Waals surface area contributed by atoms with Crippen LogP contribution in [0.1, 0.15) is 0 Å². The van der Waals surface area contributed by atoms with Gasteiger partial charge in [-0.2, -0.15) is 0 Å². The second kappa shape index (κ2) is 4.51. The Morgan fingerprint density at radius 1 is 1.31 bits per heavy atom. The van der Waals surface area contributed by atoms with Crippen LogP contribution in [0.5, 0.6) is 0 Å². The maximum Gasteiger partial charge on any atom is 0.148 e. The molecular formula is C8H7F2NO2. The number of carbonyl (C=O) groups excluding carboxylic acids is 1. The molecule has 0 aliphatic carbocycles. The molecule has 1 aromatic rings. The highest BCUT2D eigenvalue weighted by Crippen LogP contribution is 2.12. The summed E-state index contributed by atoms with van der Waals surface area (Å²) in [5, 5.41) is 0. The minimum absolute atomic E-state index is 0.124. The van der Waals surface area contributed by atoms with Gasteiger partial charge >= 0.3 is 0 Å². The van der Waals surface area contributed by atoms with Crippen molar-refractivity contribution in [2.45, 2.75) is 0 Å². The third kappa shape index (κ3) is 3.16. The van der Waals surface area contributed by atoms with Crippen LogP contribution in [0.15, 0.2) is 18.2 Å². The summed E-state index contributed by atoms with van der Waals surface area (Å²) >= 11 is 0. The molecule has 13 heavy (non-hydrogen) atoms. The second-order valence-electron chi connectivity index (χ2n) is 2.24. The molecule has 0 atom stereocenters. The van der Waals surface area contributed by atoms with E-state index in [9.17, 15) is 13.6 Å². The molecule has 1 N–H and O–H groups in total. The van der Waals surface area contributed by atoms with E-state index in [1.165, 1.54) is 0 Å². The van der Waals surface area contributed by atoms with Crippen LogP contribution >= 0.6 is 0 Å². The first kappa shape index (κ1) is 9.60. The molecule has 0 aromatic heterocycles. The van der Waals surface area contributed by atoms with Crippen molar-refractivity contribution in [3.63, 3.8) is 0 Å². The van der Waals surface area contributed by atoms with Crippen molar-refractivity contribution in [3.8, 4) is 0 Å². The summed E-state index contributed by atoms with van der Waals surface area (Å²) in [6, 6.07) is 2.84. The van der Waals surface area contributed by atoms with E-state index in [-0.39, 0.29) is 12.3 Å². The lowest BCUT2D eigenvalue weighted by Crippen LogP contribution is -2.03. The molecule has 0 saturated carbocycles. The van der Waals surface area contributed by atoms with Crippen LogP contribution in [0.25, 0.3) is 0 Å². The molecule has 0 aliphatic rings. The van der Waals surface area contributed by atoms with E-state index in [1.54, 1.807) is 0 Å². The van der Waals surface area contributed by atoms with E-state index in [2.05, 4.69) is 10.3 Å². The van der Waals surface area contributed by atoms with Gasteiger partial charge in [0.1, 0.15) is 24.5 Å². The van der Waals surface area contributed by atoms with Gasteiger partial charge in [-0.3, -0.25) is 10.3 Å². The molecule has 0 spiro atoms. The molecular weight excluding hydrogens is 180 g/mol. The summed E-state index contributed by atoms with van der Waals surface area (Å²) in [6.45, 7) is -0.182. The molecule has 70 valence electrons. The summed E-state index contributed by atoms with van der Waals surface area (Å²) in [7, 11) is 0. The van der Waals surface area contributed by atoms with Crippen LogP contribution in [-0.2, 0) is 9.63 Å². The van der Waals surface area contributed by atoms with Gasteiger partial charge in [0.25, 0.3) is 0 Å². The SMILES string of the molecule is O=CCONc1cc(F)cc(F)c1. The Bertz CT molecular complexity index is 284. The smallest absolute Gasteiger partial charge is 0.148 e. The standard InChI is InChI=1S/C8H7F2NO2/c9-6-3-7(10)5-8(4-6)11-13-2-1-12/h1,3-5,11H,2H2. The zero-order valence-corrected chi connectivity index (χ0v) is 6.59. The number of aldehydes is 1. The Kier molecular flexibility index (Phi) is 3.33. The van der Waals surface area contributed by atoms with Crippen molar-refractivity contribution in [2.75, 3.05) is 12.1 Å². The molecule has 0 saturated heterocycles. The summed E-state index contributed by atoms with van der Waals surface area (Å²) in [5.41, 5.74) is 2.34. The van der Waals surface area contributed by atoms with Crippen molar-refractivity contribution >= 4 is 12.0 Å². The first-order valence-electron chi connectivity index (χ1n) is 3.50. The zero-order valence-electron chi connectivity index (χ0n) is 6.59. The van der Waals surface area contributed by atoms with E-state index >= 15 is 0 Å². The summed E-state index contributed by atoms with van der Waals surface area (Å²) < 4.78 is 25.1. The van der Waals surface area contributed by atoms with Gasteiger partial charge in [0.05, 0.1) is 5.69 Å². The number of halogens is 2. The summed E-state index contributed by atoms with van der Waals surface area (Å²) in [4.78, 5) is 14.3. The molecule has 0 fully saturated rings. The fourth-order valence-corrected chi connectivity index (χ4v) is 0.772. The average Bonchev–Trinajstić information content (AvgIpc) is 2.03. The normalized spacial score (nSPS) is 9.69. The minimum Gasteiger partial charge on any atom is -0.301 e. The van der Waals surface area contributed by atoms with Crippen LogP contribution in [0.3, 0.4) is 0 Å². The summed E-state index contributed by atoms with van der Waals surface area (Å²) in [5.74, 6) is -1.42. The van der Waals surface area contributed by atoms with Gasteiger partial charge in [-0.05, 0) is 12.1 Å². The molecule has 0 heterocycles. The average molecular weight is 187 g/mol. The van der Waals surface area contributed by atoms with Crippen molar-refractivity contribution in [1.82, 2.24) is 0 Å². The first-order valence-corrected chi connectivity index (χ1v) is 3.50. The number of carbonyl (C=O) groups is 1. The van der Waals surface area contributed by atoms with Gasteiger partial charge < -0.3 is 4.79 Å². The maximum atomic E-state index is 12.5. The van der Waals surface area contributed by atoms with Gasteiger partial charge in [-0.25, -0.2) is 8.78 Å². The van der Waals surface area contributed by atoms with Gasteiger partial charge in [0, 0.05) is 6.07 Å². The molecule has 0 bridgehead atoms. The number of benzene rings is 1. The van der Waals surface area contributed by atoms with Crippen molar-refractivity contribution in [2.24, 2.45) is 0 Å². The number of rotatable bonds is 4. The molecule has 0 unspecified atom stereocenters. The Labute approximate surface area is 73.3 Å². The van der Waals surface area contributed by atoms with E-state index in [0.29, 0.717) is 6.29 Å². The maximum absolute atomic E-state index is 12.5. The number of hydrogen-bond acceptors (Lipinski definition) is 3. The van der Waals surface area contributed by atoms with Crippen LogP contribution in [0, 0.1) is 11.6 Å². The van der Waals surface area contributed by atoms with Crippen molar-refractivity contribution < 1.29 is 18.4 Å². The van der Waals surface area contributed by atoms with Gasteiger partial charge in [0.2, 0.25) is 0 Å². The molecule has 1 rings (SSSR count). The van der Waals surface area contributed by atoms with Crippen LogP contribution < -0.4 is 5.48 Å². The Morgan fingerprint density at radius 3 is 2.46 bits per heavy atom. The Morgan fingerprint density at radius 2 is 1.92 bits per heavy atom. The number of anilines is 1. The fourth-order valence-electron chi connectivity index (χ4n) is 0.772. The van der Waals surface area contributed by atoms with Crippen LogP contribution in [-0.4, -0.2) is 12.9 Å². The van der Waals surface area contributed by atoms with Gasteiger partial charge in [-0.1, -0.05) is 0 Å². The van der Waals surface area contributed by atoms with Gasteiger partial charge in [-0.15, -0.1) is 0 Å².